The summed E-state index contributed by atoms with van der Waals surface area (Å²) in [5.41, 5.74) is 1.90. The number of nitrogens with one attached hydrogen (secondary N) is 1. The minimum atomic E-state index is -0.164. The number of carbonyl (C=O) groups is 1. The molecular weight excluding hydrogens is 288 g/mol. The molecule has 4 nitrogen and oxygen atoms in total. The van der Waals surface area contributed by atoms with Crippen LogP contribution in [0.4, 0.5) is 0 Å². The average molecular weight is 316 g/mol. The van der Waals surface area contributed by atoms with E-state index in [9.17, 15) is 9.90 Å². The molecule has 0 spiro atoms. The third-order valence-corrected chi connectivity index (χ3v) is 5.34. The molecule has 1 aromatic rings. The first-order valence-electron chi connectivity index (χ1n) is 8.93. The average Bonchev–Trinajstić information content (AvgIpc) is 2.57. The fraction of sp³-hybridized carbons (Fsp3) is 0.632. The maximum absolute atomic E-state index is 12.3. The molecule has 1 aromatic carbocycles. The number of aliphatic hydroxyl groups is 1. The number of piperidine rings is 1. The molecular formula is C19H28N2O2. The second-order valence-electron chi connectivity index (χ2n) is 7.07. The smallest absolute Gasteiger partial charge is 0.251 e. The van der Waals surface area contributed by atoms with Crippen LogP contribution in [0.15, 0.2) is 24.3 Å². The highest BCUT2D eigenvalue weighted by atomic mass is 16.3. The second kappa shape index (κ2) is 7.45. The van der Waals surface area contributed by atoms with E-state index in [0.717, 1.165) is 50.8 Å². The summed E-state index contributed by atoms with van der Waals surface area (Å²) in [5, 5.41) is 13.4. The van der Waals surface area contributed by atoms with Gasteiger partial charge in [-0.25, -0.2) is 0 Å². The Balaban J connectivity index is 1.49. The summed E-state index contributed by atoms with van der Waals surface area (Å²) in [6, 6.07) is 8.30. The topological polar surface area (TPSA) is 52.6 Å². The third-order valence-electron chi connectivity index (χ3n) is 5.34. The molecule has 1 saturated heterocycles. The summed E-state index contributed by atoms with van der Waals surface area (Å²) in [6.45, 7) is 3.97. The number of aryl methyl sites for hydroxylation is 1. The van der Waals surface area contributed by atoms with Gasteiger partial charge in [-0.15, -0.1) is 0 Å². The van der Waals surface area contributed by atoms with E-state index < -0.39 is 0 Å². The van der Waals surface area contributed by atoms with Gasteiger partial charge in [0, 0.05) is 30.7 Å². The fourth-order valence-corrected chi connectivity index (χ4v) is 3.87. The molecule has 1 amide bonds. The van der Waals surface area contributed by atoms with Crippen LogP contribution in [-0.4, -0.2) is 47.2 Å². The molecule has 1 saturated carbocycles. The van der Waals surface area contributed by atoms with Gasteiger partial charge in [-0.3, -0.25) is 9.69 Å². The molecule has 0 aromatic heterocycles. The summed E-state index contributed by atoms with van der Waals surface area (Å²) in [7, 11) is 0. The molecule has 2 N–H and O–H groups in total. The zero-order valence-corrected chi connectivity index (χ0v) is 14.0. The van der Waals surface area contributed by atoms with Crippen LogP contribution < -0.4 is 5.32 Å². The number of likely N-dealkylation sites (tertiary alicyclic amines) is 1. The standard InChI is InChI=1S/C19H28N2O2/c1-14-6-8-15(9-7-14)19(23)20-16-10-12-21(13-11-16)17-4-2-3-5-18(17)22/h6-9,16-18,22H,2-5,10-13H2,1H3,(H,20,23). The Morgan fingerprint density at radius 1 is 1.09 bits per heavy atom. The Morgan fingerprint density at radius 3 is 2.39 bits per heavy atom. The SMILES string of the molecule is Cc1ccc(C(=O)NC2CCN(C3CCCCC3O)CC2)cc1. The summed E-state index contributed by atoms with van der Waals surface area (Å²) >= 11 is 0. The van der Waals surface area contributed by atoms with Crippen LogP contribution in [-0.2, 0) is 0 Å². The van der Waals surface area contributed by atoms with Gasteiger partial charge in [0.15, 0.2) is 0 Å². The van der Waals surface area contributed by atoms with Crippen LogP contribution in [0.2, 0.25) is 0 Å². The summed E-state index contributed by atoms with van der Waals surface area (Å²) in [4.78, 5) is 14.7. The van der Waals surface area contributed by atoms with Crippen LogP contribution in [0.3, 0.4) is 0 Å². The number of aliphatic hydroxyl groups excluding tert-OH is 1. The molecule has 2 aliphatic rings. The molecule has 4 heteroatoms. The van der Waals surface area contributed by atoms with Crippen molar-refractivity contribution in [3.05, 3.63) is 35.4 Å². The van der Waals surface area contributed by atoms with Gasteiger partial charge in [-0.1, -0.05) is 30.5 Å². The van der Waals surface area contributed by atoms with E-state index in [1.54, 1.807) is 0 Å². The summed E-state index contributed by atoms with van der Waals surface area (Å²) in [6.07, 6.45) is 6.22. The van der Waals surface area contributed by atoms with Crippen molar-refractivity contribution in [1.82, 2.24) is 10.2 Å². The van der Waals surface area contributed by atoms with Gasteiger partial charge >= 0.3 is 0 Å². The van der Waals surface area contributed by atoms with Crippen LogP contribution in [0, 0.1) is 6.92 Å². The van der Waals surface area contributed by atoms with E-state index in [-0.39, 0.29) is 18.1 Å². The van der Waals surface area contributed by atoms with E-state index >= 15 is 0 Å². The lowest BCUT2D eigenvalue weighted by Gasteiger charge is -2.41. The van der Waals surface area contributed by atoms with Crippen molar-refractivity contribution < 1.29 is 9.90 Å². The molecule has 1 aliphatic heterocycles. The van der Waals surface area contributed by atoms with Gasteiger partial charge in [-0.2, -0.15) is 0 Å². The largest absolute Gasteiger partial charge is 0.391 e. The highest BCUT2D eigenvalue weighted by Crippen LogP contribution is 2.26. The Kier molecular flexibility index (Phi) is 5.34. The Morgan fingerprint density at radius 2 is 1.74 bits per heavy atom. The quantitative estimate of drug-likeness (QED) is 0.901. The molecule has 0 bridgehead atoms. The van der Waals surface area contributed by atoms with Crippen LogP contribution >= 0.6 is 0 Å². The van der Waals surface area contributed by atoms with E-state index in [1.165, 1.54) is 12.0 Å². The molecule has 3 rings (SSSR count). The van der Waals surface area contributed by atoms with Crippen molar-refractivity contribution >= 4 is 5.91 Å². The molecule has 1 aliphatic carbocycles. The Hall–Kier alpha value is -1.39. The summed E-state index contributed by atoms with van der Waals surface area (Å²) < 4.78 is 0. The predicted molar refractivity (Wildman–Crippen MR) is 91.5 cm³/mol. The lowest BCUT2D eigenvalue weighted by Crippen LogP contribution is -2.52. The maximum Gasteiger partial charge on any atom is 0.251 e. The normalized spacial score (nSPS) is 26.9. The first-order chi connectivity index (χ1) is 11.1. The van der Waals surface area contributed by atoms with E-state index in [1.807, 2.05) is 31.2 Å². The predicted octanol–water partition coefficient (Wildman–Crippen LogP) is 2.49. The van der Waals surface area contributed by atoms with Gasteiger partial charge in [0.2, 0.25) is 0 Å². The van der Waals surface area contributed by atoms with Crippen LogP contribution in [0.25, 0.3) is 0 Å². The number of hydrogen-bond acceptors (Lipinski definition) is 3. The van der Waals surface area contributed by atoms with Crippen molar-refractivity contribution in [3.63, 3.8) is 0 Å². The van der Waals surface area contributed by atoms with Gasteiger partial charge in [-0.05, 0) is 44.7 Å². The Bertz CT molecular complexity index is 521. The van der Waals surface area contributed by atoms with Crippen LogP contribution in [0.1, 0.15) is 54.4 Å². The van der Waals surface area contributed by atoms with Gasteiger partial charge in [0.1, 0.15) is 0 Å². The first-order valence-corrected chi connectivity index (χ1v) is 8.93. The monoisotopic (exact) mass is 316 g/mol. The zero-order valence-electron chi connectivity index (χ0n) is 14.0. The van der Waals surface area contributed by atoms with Crippen molar-refractivity contribution in [2.45, 2.75) is 63.6 Å². The number of rotatable bonds is 3. The Labute approximate surface area is 138 Å². The number of benzene rings is 1. The molecule has 126 valence electrons. The van der Waals surface area contributed by atoms with Gasteiger partial charge in [0.25, 0.3) is 5.91 Å². The van der Waals surface area contributed by atoms with E-state index in [2.05, 4.69) is 10.2 Å². The molecule has 23 heavy (non-hydrogen) atoms. The van der Waals surface area contributed by atoms with Crippen molar-refractivity contribution in [3.8, 4) is 0 Å². The molecule has 0 radical (unpaired) electrons. The number of carbonyl (C=O) groups excluding carboxylic acids is 1. The van der Waals surface area contributed by atoms with Crippen molar-refractivity contribution in [2.24, 2.45) is 0 Å². The van der Waals surface area contributed by atoms with Crippen molar-refractivity contribution in [2.75, 3.05) is 13.1 Å². The number of hydrogen-bond donors (Lipinski definition) is 2. The first kappa shape index (κ1) is 16.5. The number of nitrogens with zero attached hydrogens (tertiary/aromatic N) is 1. The zero-order chi connectivity index (χ0) is 16.2. The molecule has 2 fully saturated rings. The van der Waals surface area contributed by atoms with Crippen molar-refractivity contribution in [1.29, 1.82) is 0 Å². The lowest BCUT2D eigenvalue weighted by atomic mass is 9.89. The van der Waals surface area contributed by atoms with Gasteiger partial charge in [0.05, 0.1) is 6.10 Å². The lowest BCUT2D eigenvalue weighted by molar-refractivity contribution is 0.00727. The minimum absolute atomic E-state index is 0.0288. The summed E-state index contributed by atoms with van der Waals surface area (Å²) in [5.74, 6) is 0.0288. The molecule has 2 atom stereocenters. The van der Waals surface area contributed by atoms with E-state index in [0.29, 0.717) is 6.04 Å². The van der Waals surface area contributed by atoms with E-state index in [4.69, 9.17) is 0 Å². The second-order valence-corrected chi connectivity index (χ2v) is 7.07. The van der Waals surface area contributed by atoms with Gasteiger partial charge < -0.3 is 10.4 Å². The minimum Gasteiger partial charge on any atom is -0.391 e. The molecule has 2 unspecified atom stereocenters. The highest BCUT2D eigenvalue weighted by molar-refractivity contribution is 5.94. The maximum atomic E-state index is 12.3. The number of amides is 1. The van der Waals surface area contributed by atoms with Crippen LogP contribution in [0.5, 0.6) is 0 Å². The molecule has 1 heterocycles. The third kappa shape index (κ3) is 4.12. The fourth-order valence-electron chi connectivity index (χ4n) is 3.87. The highest BCUT2D eigenvalue weighted by Gasteiger charge is 2.31.